The van der Waals surface area contributed by atoms with E-state index in [1.165, 1.54) is 6.07 Å². The maximum Gasteiger partial charge on any atom is 0.329 e. The van der Waals surface area contributed by atoms with Gasteiger partial charge in [-0.3, -0.25) is 4.79 Å². The zero-order chi connectivity index (χ0) is 11.8. The third kappa shape index (κ3) is 1.66. The third-order valence-electron chi connectivity index (χ3n) is 2.83. The Labute approximate surface area is 91.6 Å². The van der Waals surface area contributed by atoms with Crippen molar-refractivity contribution in [3.8, 4) is 0 Å². The van der Waals surface area contributed by atoms with Crippen molar-refractivity contribution in [2.75, 3.05) is 0 Å². The minimum atomic E-state index is -1.11. The molecule has 1 saturated carbocycles. The van der Waals surface area contributed by atoms with E-state index in [4.69, 9.17) is 9.63 Å². The second-order valence-corrected chi connectivity index (χ2v) is 4.02. The number of carbonyl (C=O) groups is 2. The first-order valence-corrected chi connectivity index (χ1v) is 5.03. The zero-order valence-corrected chi connectivity index (χ0v) is 8.82. The molecule has 1 aliphatic rings. The van der Waals surface area contributed by atoms with Crippen LogP contribution in [0, 0.1) is 6.92 Å². The van der Waals surface area contributed by atoms with Crippen LogP contribution in [-0.4, -0.2) is 27.7 Å². The van der Waals surface area contributed by atoms with Gasteiger partial charge in [0.1, 0.15) is 11.3 Å². The number of nitrogens with zero attached hydrogens (tertiary/aromatic N) is 1. The Morgan fingerprint density at radius 2 is 2.25 bits per heavy atom. The highest BCUT2D eigenvalue weighted by molar-refractivity contribution is 5.96. The fourth-order valence-electron chi connectivity index (χ4n) is 1.68. The van der Waals surface area contributed by atoms with Crippen LogP contribution in [0.15, 0.2) is 10.6 Å². The van der Waals surface area contributed by atoms with Crippen molar-refractivity contribution in [2.24, 2.45) is 0 Å². The molecule has 0 aliphatic heterocycles. The molecule has 0 atom stereocenters. The predicted octanol–water partition coefficient (Wildman–Crippen LogP) is 0.720. The molecular formula is C10H12N2O4. The number of amides is 1. The van der Waals surface area contributed by atoms with Crippen LogP contribution < -0.4 is 5.32 Å². The molecule has 6 heteroatoms. The van der Waals surface area contributed by atoms with Crippen molar-refractivity contribution in [2.45, 2.75) is 31.7 Å². The van der Waals surface area contributed by atoms with Gasteiger partial charge in [0.05, 0.1) is 0 Å². The lowest BCUT2D eigenvalue weighted by atomic mass is 9.76. The second-order valence-electron chi connectivity index (χ2n) is 4.02. The number of carbonyl (C=O) groups excluding carboxylic acids is 1. The molecule has 0 unspecified atom stereocenters. The van der Waals surface area contributed by atoms with E-state index in [9.17, 15) is 9.59 Å². The van der Waals surface area contributed by atoms with Gasteiger partial charge in [0.25, 0.3) is 5.91 Å². The quantitative estimate of drug-likeness (QED) is 0.789. The van der Waals surface area contributed by atoms with Gasteiger partial charge in [-0.05, 0) is 26.2 Å². The summed E-state index contributed by atoms with van der Waals surface area (Å²) in [6.07, 6.45) is 1.74. The van der Waals surface area contributed by atoms with Crippen molar-refractivity contribution in [3.63, 3.8) is 0 Å². The van der Waals surface area contributed by atoms with Crippen LogP contribution in [0.4, 0.5) is 0 Å². The van der Waals surface area contributed by atoms with Crippen molar-refractivity contribution in [1.29, 1.82) is 0 Å². The molecule has 86 valence electrons. The Morgan fingerprint density at radius 3 is 2.62 bits per heavy atom. The number of aromatic nitrogens is 1. The summed E-state index contributed by atoms with van der Waals surface area (Å²) >= 11 is 0. The SMILES string of the molecule is Cc1cc(C(=O)NC2(C(=O)O)CCC2)no1. The number of carboxylic acids is 1. The van der Waals surface area contributed by atoms with Crippen LogP contribution in [0.1, 0.15) is 35.5 Å². The Bertz CT molecular complexity index is 434. The number of aryl methyl sites for hydroxylation is 1. The first-order valence-electron chi connectivity index (χ1n) is 5.03. The van der Waals surface area contributed by atoms with Crippen molar-refractivity contribution in [3.05, 3.63) is 17.5 Å². The van der Waals surface area contributed by atoms with E-state index in [1.807, 2.05) is 0 Å². The average molecular weight is 224 g/mol. The van der Waals surface area contributed by atoms with Crippen LogP contribution in [0.2, 0.25) is 0 Å². The minimum Gasteiger partial charge on any atom is -0.480 e. The van der Waals surface area contributed by atoms with E-state index in [-0.39, 0.29) is 5.69 Å². The zero-order valence-electron chi connectivity index (χ0n) is 8.82. The van der Waals surface area contributed by atoms with Gasteiger partial charge in [0.2, 0.25) is 0 Å². The van der Waals surface area contributed by atoms with Gasteiger partial charge in [-0.25, -0.2) is 4.79 Å². The molecule has 0 spiro atoms. The summed E-state index contributed by atoms with van der Waals surface area (Å²) in [6, 6.07) is 1.48. The molecule has 1 fully saturated rings. The average Bonchev–Trinajstić information content (AvgIpc) is 2.57. The van der Waals surface area contributed by atoms with Crippen LogP contribution in [0.25, 0.3) is 0 Å². The number of nitrogens with one attached hydrogen (secondary N) is 1. The maximum atomic E-state index is 11.7. The van der Waals surface area contributed by atoms with E-state index < -0.39 is 17.4 Å². The third-order valence-corrected chi connectivity index (χ3v) is 2.83. The lowest BCUT2D eigenvalue weighted by Gasteiger charge is -2.37. The molecule has 0 aromatic carbocycles. The number of aliphatic carboxylic acids is 1. The molecule has 1 heterocycles. The Kier molecular flexibility index (Phi) is 2.41. The van der Waals surface area contributed by atoms with Gasteiger partial charge < -0.3 is 14.9 Å². The molecule has 0 radical (unpaired) electrons. The Hall–Kier alpha value is -1.85. The molecular weight excluding hydrogens is 212 g/mol. The molecule has 1 aliphatic carbocycles. The van der Waals surface area contributed by atoms with Gasteiger partial charge in [-0.1, -0.05) is 5.16 Å². The number of hydrogen-bond acceptors (Lipinski definition) is 4. The summed E-state index contributed by atoms with van der Waals surface area (Å²) in [5.41, 5.74) is -0.991. The Balaban J connectivity index is 2.10. The van der Waals surface area contributed by atoms with Gasteiger partial charge in [0, 0.05) is 6.07 Å². The van der Waals surface area contributed by atoms with E-state index in [2.05, 4.69) is 10.5 Å². The number of hydrogen-bond donors (Lipinski definition) is 2. The largest absolute Gasteiger partial charge is 0.480 e. The van der Waals surface area contributed by atoms with E-state index in [0.717, 1.165) is 6.42 Å². The molecule has 0 bridgehead atoms. The molecule has 1 aromatic heterocycles. The van der Waals surface area contributed by atoms with E-state index in [1.54, 1.807) is 6.92 Å². The lowest BCUT2D eigenvalue weighted by molar-refractivity contribution is -0.148. The summed E-state index contributed by atoms with van der Waals surface area (Å²) in [5.74, 6) is -0.977. The van der Waals surface area contributed by atoms with Gasteiger partial charge in [-0.15, -0.1) is 0 Å². The molecule has 16 heavy (non-hydrogen) atoms. The molecule has 2 rings (SSSR count). The molecule has 1 aromatic rings. The highest BCUT2D eigenvalue weighted by atomic mass is 16.5. The fraction of sp³-hybridized carbons (Fsp3) is 0.500. The van der Waals surface area contributed by atoms with Crippen molar-refractivity contribution in [1.82, 2.24) is 10.5 Å². The summed E-state index contributed by atoms with van der Waals surface area (Å²) in [4.78, 5) is 22.7. The minimum absolute atomic E-state index is 0.116. The molecule has 0 saturated heterocycles. The maximum absolute atomic E-state index is 11.7. The standard InChI is InChI=1S/C10H12N2O4/c1-6-5-7(12-16-6)8(13)11-10(9(14)15)3-2-4-10/h5H,2-4H2,1H3,(H,11,13)(H,14,15). The van der Waals surface area contributed by atoms with Gasteiger partial charge >= 0.3 is 5.97 Å². The van der Waals surface area contributed by atoms with Crippen molar-refractivity contribution < 1.29 is 19.2 Å². The Morgan fingerprint density at radius 1 is 1.56 bits per heavy atom. The van der Waals surface area contributed by atoms with Crippen LogP contribution in [0.5, 0.6) is 0 Å². The number of carboxylic acid groups (broad SMARTS) is 1. The first kappa shape index (κ1) is 10.7. The van der Waals surface area contributed by atoms with Crippen LogP contribution in [0.3, 0.4) is 0 Å². The topological polar surface area (TPSA) is 92.4 Å². The fourth-order valence-corrected chi connectivity index (χ4v) is 1.68. The van der Waals surface area contributed by atoms with Crippen LogP contribution >= 0.6 is 0 Å². The van der Waals surface area contributed by atoms with Crippen LogP contribution in [-0.2, 0) is 4.79 Å². The summed E-state index contributed by atoms with van der Waals surface area (Å²) < 4.78 is 4.75. The normalized spacial score (nSPS) is 17.6. The number of rotatable bonds is 3. The smallest absolute Gasteiger partial charge is 0.329 e. The van der Waals surface area contributed by atoms with Gasteiger partial charge in [-0.2, -0.15) is 0 Å². The monoisotopic (exact) mass is 224 g/mol. The van der Waals surface area contributed by atoms with Gasteiger partial charge in [0.15, 0.2) is 5.69 Å². The second kappa shape index (κ2) is 3.62. The highest BCUT2D eigenvalue weighted by Crippen LogP contribution is 2.32. The molecule has 1 amide bonds. The first-order chi connectivity index (χ1) is 7.53. The summed E-state index contributed by atoms with van der Waals surface area (Å²) in [7, 11) is 0. The predicted molar refractivity (Wildman–Crippen MR) is 52.9 cm³/mol. The summed E-state index contributed by atoms with van der Waals surface area (Å²) in [6.45, 7) is 1.67. The van der Waals surface area contributed by atoms with E-state index >= 15 is 0 Å². The molecule has 2 N–H and O–H groups in total. The van der Waals surface area contributed by atoms with E-state index in [0.29, 0.717) is 18.6 Å². The molecule has 6 nitrogen and oxygen atoms in total. The highest BCUT2D eigenvalue weighted by Gasteiger charge is 2.46. The summed E-state index contributed by atoms with van der Waals surface area (Å²) in [5, 5.41) is 15.1. The van der Waals surface area contributed by atoms with Crippen molar-refractivity contribution >= 4 is 11.9 Å². The lowest BCUT2D eigenvalue weighted by Crippen LogP contribution is -2.59.